The van der Waals surface area contributed by atoms with Gasteiger partial charge in [-0.1, -0.05) is 68.8 Å². The molecular formula is C50H71ClN4O13. The summed E-state index contributed by atoms with van der Waals surface area (Å²) >= 11 is 6.38. The van der Waals surface area contributed by atoms with Gasteiger partial charge in [0.1, 0.15) is 24.0 Å². The highest BCUT2D eigenvalue weighted by Crippen LogP contribution is 2.45. The van der Waals surface area contributed by atoms with Crippen molar-refractivity contribution in [3.63, 3.8) is 0 Å². The van der Waals surface area contributed by atoms with Gasteiger partial charge in [-0.05, 0) is 61.1 Å². The number of carbonyl (C=O) groups excluding carboxylic acids is 4. The molecule has 3 N–H and O–H groups in total. The van der Waals surface area contributed by atoms with Crippen LogP contribution < -0.4 is 15.4 Å². The number of hydrogen-bond acceptors (Lipinski definition) is 14. The van der Waals surface area contributed by atoms with Gasteiger partial charge in [0.05, 0.1) is 69.7 Å². The summed E-state index contributed by atoms with van der Waals surface area (Å²) in [5.41, 5.74) is 1.66. The van der Waals surface area contributed by atoms with Crippen molar-refractivity contribution in [3.05, 3.63) is 76.3 Å². The Balaban J connectivity index is 1.15. The Morgan fingerprint density at radius 1 is 0.882 bits per heavy atom. The maximum atomic E-state index is 13.9. The number of aliphatic carboxylic acids is 1. The molecule has 2 saturated heterocycles. The number of methoxy groups -OCH3 is 1. The van der Waals surface area contributed by atoms with Gasteiger partial charge in [-0.15, -0.1) is 0 Å². The fraction of sp³-hybridized carbons (Fsp3) is 0.620. The number of halogens is 1. The van der Waals surface area contributed by atoms with Gasteiger partial charge in [-0.3, -0.25) is 29.0 Å². The first kappa shape index (κ1) is 54.3. The molecule has 2 amide bonds. The van der Waals surface area contributed by atoms with E-state index < -0.39 is 53.4 Å². The molecule has 0 radical (unpaired) electrons. The second-order valence-corrected chi connectivity index (χ2v) is 19.1. The Labute approximate surface area is 405 Å². The van der Waals surface area contributed by atoms with Crippen LogP contribution in [-0.4, -0.2) is 155 Å². The summed E-state index contributed by atoms with van der Waals surface area (Å²) in [5.74, 6) is -3.10. The lowest BCUT2D eigenvalue weighted by Crippen LogP contribution is -2.51. The summed E-state index contributed by atoms with van der Waals surface area (Å²) in [6.07, 6.45) is 1.03. The Hall–Kier alpha value is -4.62. The second kappa shape index (κ2) is 27.0. The maximum Gasteiger partial charge on any atom is 0.347 e. The van der Waals surface area contributed by atoms with Crippen LogP contribution in [-0.2, 0) is 65.4 Å². The zero-order chi connectivity index (χ0) is 49.2. The van der Waals surface area contributed by atoms with E-state index in [0.29, 0.717) is 49.4 Å². The van der Waals surface area contributed by atoms with Gasteiger partial charge in [-0.2, -0.15) is 0 Å². The molecule has 2 aromatic rings. The number of carboxylic acids is 1. The van der Waals surface area contributed by atoms with Crippen molar-refractivity contribution in [1.29, 1.82) is 0 Å². The zero-order valence-corrected chi connectivity index (χ0v) is 41.1. The van der Waals surface area contributed by atoms with Gasteiger partial charge in [0.25, 0.3) is 0 Å². The number of benzene rings is 2. The number of amides is 2. The van der Waals surface area contributed by atoms with Crippen molar-refractivity contribution in [2.24, 2.45) is 17.3 Å². The molecule has 3 aliphatic heterocycles. The molecule has 0 aromatic heterocycles. The molecule has 2 fully saturated rings. The first-order chi connectivity index (χ1) is 32.5. The van der Waals surface area contributed by atoms with Gasteiger partial charge < -0.3 is 48.9 Å². The smallest absolute Gasteiger partial charge is 0.347 e. The van der Waals surface area contributed by atoms with E-state index in [9.17, 15) is 24.0 Å². The second-order valence-electron chi connectivity index (χ2n) is 18.7. The van der Waals surface area contributed by atoms with Crippen LogP contribution in [0.5, 0.6) is 5.75 Å². The lowest BCUT2D eigenvalue weighted by molar-refractivity contribution is -0.179. The van der Waals surface area contributed by atoms with Gasteiger partial charge in [0.15, 0.2) is 6.10 Å². The molecule has 18 heteroatoms. The molecule has 0 spiro atoms. The van der Waals surface area contributed by atoms with Crippen molar-refractivity contribution in [2.45, 2.75) is 97.3 Å². The van der Waals surface area contributed by atoms with Gasteiger partial charge in [-0.25, -0.2) is 4.79 Å². The summed E-state index contributed by atoms with van der Waals surface area (Å²) in [6.45, 7) is 16.9. The first-order valence-corrected chi connectivity index (χ1v) is 24.0. The summed E-state index contributed by atoms with van der Waals surface area (Å²) < 4.78 is 40.0. The number of piperazine rings is 1. The van der Waals surface area contributed by atoms with Crippen molar-refractivity contribution in [3.8, 4) is 5.75 Å². The maximum absolute atomic E-state index is 13.9. The zero-order valence-electron chi connectivity index (χ0n) is 40.4. The van der Waals surface area contributed by atoms with Crippen LogP contribution in [0.15, 0.2) is 54.6 Å². The van der Waals surface area contributed by atoms with E-state index in [1.54, 1.807) is 38.1 Å². The third kappa shape index (κ3) is 17.7. The summed E-state index contributed by atoms with van der Waals surface area (Å²) in [4.78, 5) is 69.9. The number of nitrogens with zero attached hydrogens (tertiary/aromatic N) is 2. The fourth-order valence-electron chi connectivity index (χ4n) is 7.96. The summed E-state index contributed by atoms with van der Waals surface area (Å²) in [5, 5.41) is 14.6. The molecule has 68 heavy (non-hydrogen) atoms. The number of carbonyl (C=O) groups is 5. The molecule has 5 rings (SSSR count). The third-order valence-corrected chi connectivity index (χ3v) is 12.5. The summed E-state index contributed by atoms with van der Waals surface area (Å²) in [6, 6.07) is 12.5. The van der Waals surface area contributed by atoms with Crippen LogP contribution >= 0.6 is 11.6 Å². The predicted octanol–water partition coefficient (Wildman–Crippen LogP) is 4.77. The average molecular weight is 972 g/mol. The van der Waals surface area contributed by atoms with Crippen molar-refractivity contribution < 1.29 is 62.2 Å². The summed E-state index contributed by atoms with van der Waals surface area (Å²) in [7, 11) is 1.51. The van der Waals surface area contributed by atoms with Crippen LogP contribution in [0, 0.1) is 17.3 Å². The Kier molecular flexibility index (Phi) is 21.5. The fourth-order valence-corrected chi connectivity index (χ4v) is 8.24. The molecule has 376 valence electrons. The van der Waals surface area contributed by atoms with Gasteiger partial charge >= 0.3 is 17.9 Å². The van der Waals surface area contributed by atoms with E-state index in [-0.39, 0.29) is 62.9 Å². The Morgan fingerprint density at radius 3 is 2.18 bits per heavy atom. The largest absolute Gasteiger partial charge is 0.495 e. The number of ether oxygens (including phenoxy) is 7. The highest BCUT2D eigenvalue weighted by atomic mass is 35.5. The Morgan fingerprint density at radius 2 is 1.53 bits per heavy atom. The topological polar surface area (TPSA) is 204 Å². The SMILES string of the molecule is COc1ccc(C[C@H]2NC(=O)C=CC[C@@H]([C@H](C)[C@H]3O[C@@H]3c3ccc(CN4CCN(CCOCCOCCOCCC(=O)O)CC4)cc3)OC(=O)[C@H](CC(C)C)OC(=O)C(C)(C)CNC2=O)cc1Cl. The normalized spacial score (nSPS) is 23.6. The molecule has 0 unspecified atom stereocenters. The van der Waals surface area contributed by atoms with E-state index in [2.05, 4.69) is 44.7 Å². The van der Waals surface area contributed by atoms with E-state index in [4.69, 9.17) is 49.9 Å². The number of esters is 2. The van der Waals surface area contributed by atoms with Crippen LogP contribution in [0.2, 0.25) is 5.02 Å². The highest BCUT2D eigenvalue weighted by molar-refractivity contribution is 6.32. The van der Waals surface area contributed by atoms with Crippen LogP contribution in [0.1, 0.15) is 76.7 Å². The molecule has 0 bridgehead atoms. The van der Waals surface area contributed by atoms with E-state index in [1.165, 1.54) is 18.7 Å². The standard InChI is InChI=1S/C50H71ClN4O13/c1-33(2)28-42-48(60)66-40(8-7-9-43(56)53-39(30-36-12-15-41(62-6)38(51)29-36)47(59)52-32-50(4,5)49(61)67-42)34(3)45-46(68-45)37-13-10-35(11-14-37)31-55-19-17-54(18-20-55)21-23-64-25-27-65-26-24-63-22-16-44(57)58/h7,9-15,29,33-34,39-40,42,45-46H,8,16-28,30-32H2,1-6H3,(H,52,59)(H,53,56)(H,57,58)/t34-,39+,40-,42-,45+,46+/m0/s1. The highest BCUT2D eigenvalue weighted by Gasteiger charge is 2.48. The molecule has 0 saturated carbocycles. The van der Waals surface area contributed by atoms with Crippen molar-refractivity contribution in [1.82, 2.24) is 20.4 Å². The number of nitrogens with one attached hydrogen (secondary N) is 2. The first-order valence-electron chi connectivity index (χ1n) is 23.7. The Bertz CT molecular complexity index is 1990. The number of carboxylic acid groups (broad SMARTS) is 1. The lowest BCUT2D eigenvalue weighted by Gasteiger charge is -2.34. The number of hydrogen-bond donors (Lipinski definition) is 3. The molecule has 3 heterocycles. The minimum Gasteiger partial charge on any atom is -0.495 e. The molecule has 17 nitrogen and oxygen atoms in total. The van der Waals surface area contributed by atoms with E-state index >= 15 is 0 Å². The van der Waals surface area contributed by atoms with Crippen LogP contribution in [0.4, 0.5) is 0 Å². The number of rotatable bonds is 22. The quantitative estimate of drug-likeness (QED) is 0.0827. The molecule has 2 aromatic carbocycles. The monoisotopic (exact) mass is 970 g/mol. The average Bonchev–Trinajstić information content (AvgIpc) is 4.10. The molecular weight excluding hydrogens is 900 g/mol. The van der Waals surface area contributed by atoms with Crippen LogP contribution in [0.25, 0.3) is 0 Å². The molecule has 3 aliphatic rings. The van der Waals surface area contributed by atoms with Gasteiger partial charge in [0.2, 0.25) is 11.8 Å². The third-order valence-electron chi connectivity index (χ3n) is 12.2. The van der Waals surface area contributed by atoms with E-state index in [1.807, 2.05) is 20.8 Å². The predicted molar refractivity (Wildman–Crippen MR) is 253 cm³/mol. The molecule has 6 atom stereocenters. The minimum atomic E-state index is -1.23. The number of epoxide rings is 1. The number of cyclic esters (lactones) is 2. The lowest BCUT2D eigenvalue weighted by atomic mass is 9.92. The van der Waals surface area contributed by atoms with Crippen molar-refractivity contribution in [2.75, 3.05) is 86.0 Å². The van der Waals surface area contributed by atoms with Gasteiger partial charge in [0, 0.05) is 64.6 Å². The molecule has 0 aliphatic carbocycles. The van der Waals surface area contributed by atoms with Crippen molar-refractivity contribution >= 4 is 41.3 Å². The van der Waals surface area contributed by atoms with Crippen LogP contribution in [0.3, 0.4) is 0 Å². The minimum absolute atomic E-state index is 0.00874. The van der Waals surface area contributed by atoms with E-state index in [0.717, 1.165) is 44.8 Å².